The quantitative estimate of drug-likeness (QED) is 0.483. The van der Waals surface area contributed by atoms with Crippen LogP contribution in [0.2, 0.25) is 0 Å². The summed E-state index contributed by atoms with van der Waals surface area (Å²) in [7, 11) is 0. The lowest BCUT2D eigenvalue weighted by atomic mass is 10.0. The van der Waals surface area contributed by atoms with Gasteiger partial charge in [0.05, 0.1) is 5.71 Å². The largest absolute Gasteiger partial charge is 0.411 e. The van der Waals surface area contributed by atoms with Gasteiger partial charge in [0.1, 0.15) is 0 Å². The molecule has 0 aliphatic heterocycles. The first-order valence-corrected chi connectivity index (χ1v) is 6.11. The van der Waals surface area contributed by atoms with Crippen molar-refractivity contribution in [2.75, 3.05) is 0 Å². The Labute approximate surface area is 112 Å². The normalized spacial score (nSPS) is 11.3. The van der Waals surface area contributed by atoms with Crippen LogP contribution in [-0.4, -0.2) is 16.6 Å². The first kappa shape index (κ1) is 13.0. The lowest BCUT2D eigenvalue weighted by Crippen LogP contribution is -2.05. The maximum atomic E-state index is 8.61. The summed E-state index contributed by atoms with van der Waals surface area (Å²) in [5.74, 6) is 0. The van der Waals surface area contributed by atoms with E-state index in [9.17, 15) is 0 Å². The van der Waals surface area contributed by atoms with Gasteiger partial charge >= 0.3 is 0 Å². The SMILES string of the molecule is C/C(CC(=N)c1ccc(-c2ccccc2)cc1)=N\O. The van der Waals surface area contributed by atoms with E-state index in [-0.39, 0.29) is 0 Å². The lowest BCUT2D eigenvalue weighted by molar-refractivity contribution is 0.318. The molecule has 0 bridgehead atoms. The fraction of sp³-hybridized carbons (Fsp3) is 0.125. The maximum absolute atomic E-state index is 8.61. The van der Waals surface area contributed by atoms with Crippen LogP contribution in [0.3, 0.4) is 0 Å². The van der Waals surface area contributed by atoms with Crippen molar-refractivity contribution in [3.8, 4) is 11.1 Å². The highest BCUT2D eigenvalue weighted by Crippen LogP contribution is 2.19. The Morgan fingerprint density at radius 3 is 2.16 bits per heavy atom. The van der Waals surface area contributed by atoms with E-state index in [1.54, 1.807) is 6.92 Å². The molecule has 2 rings (SSSR count). The number of hydrogen-bond donors (Lipinski definition) is 2. The van der Waals surface area contributed by atoms with E-state index in [1.807, 2.05) is 42.5 Å². The summed E-state index contributed by atoms with van der Waals surface area (Å²) in [6, 6.07) is 18.0. The Morgan fingerprint density at radius 1 is 1.00 bits per heavy atom. The predicted molar refractivity (Wildman–Crippen MR) is 78.2 cm³/mol. The molecule has 0 saturated carbocycles. The van der Waals surface area contributed by atoms with Gasteiger partial charge in [0, 0.05) is 12.1 Å². The Hall–Kier alpha value is -2.42. The van der Waals surface area contributed by atoms with Crippen molar-refractivity contribution in [2.24, 2.45) is 5.16 Å². The Balaban J connectivity index is 2.17. The fourth-order valence-corrected chi connectivity index (χ4v) is 1.89. The second-order valence-corrected chi connectivity index (χ2v) is 4.43. The highest BCUT2D eigenvalue weighted by molar-refractivity contribution is 6.10. The number of nitrogens with one attached hydrogen (secondary N) is 1. The molecule has 0 aromatic heterocycles. The summed E-state index contributed by atoms with van der Waals surface area (Å²) in [5.41, 5.74) is 4.13. The molecule has 0 fully saturated rings. The number of nitrogens with zero attached hydrogens (tertiary/aromatic N) is 1. The highest BCUT2D eigenvalue weighted by Gasteiger charge is 2.04. The molecular weight excluding hydrogens is 236 g/mol. The summed E-state index contributed by atoms with van der Waals surface area (Å²) < 4.78 is 0. The van der Waals surface area contributed by atoms with Crippen LogP contribution in [0.15, 0.2) is 59.8 Å². The molecule has 0 aliphatic rings. The summed E-state index contributed by atoms with van der Waals surface area (Å²) in [4.78, 5) is 0. The van der Waals surface area contributed by atoms with Crippen LogP contribution in [0.4, 0.5) is 0 Å². The molecule has 96 valence electrons. The van der Waals surface area contributed by atoms with Gasteiger partial charge in [0.2, 0.25) is 0 Å². The first-order chi connectivity index (χ1) is 9.20. The highest BCUT2D eigenvalue weighted by atomic mass is 16.4. The minimum Gasteiger partial charge on any atom is -0.411 e. The van der Waals surface area contributed by atoms with Crippen LogP contribution < -0.4 is 0 Å². The van der Waals surface area contributed by atoms with Crippen molar-refractivity contribution >= 4 is 11.4 Å². The smallest absolute Gasteiger partial charge is 0.0599 e. The monoisotopic (exact) mass is 252 g/mol. The molecule has 0 spiro atoms. The van der Waals surface area contributed by atoms with E-state index in [0.717, 1.165) is 16.7 Å². The zero-order chi connectivity index (χ0) is 13.7. The van der Waals surface area contributed by atoms with Gasteiger partial charge in [0.15, 0.2) is 0 Å². The summed E-state index contributed by atoms with van der Waals surface area (Å²) in [6.07, 6.45) is 0.362. The molecule has 0 aliphatic carbocycles. The minimum atomic E-state index is 0.362. The molecule has 3 heteroatoms. The molecule has 0 unspecified atom stereocenters. The third kappa shape index (κ3) is 3.28. The minimum absolute atomic E-state index is 0.362. The van der Waals surface area contributed by atoms with Gasteiger partial charge in [-0.1, -0.05) is 59.8 Å². The van der Waals surface area contributed by atoms with Gasteiger partial charge in [-0.3, -0.25) is 0 Å². The van der Waals surface area contributed by atoms with E-state index in [2.05, 4.69) is 17.3 Å². The Bertz CT molecular complexity index is 586. The molecule has 19 heavy (non-hydrogen) atoms. The molecule has 2 aromatic rings. The zero-order valence-corrected chi connectivity index (χ0v) is 10.8. The van der Waals surface area contributed by atoms with E-state index in [0.29, 0.717) is 17.8 Å². The Kier molecular flexibility index (Phi) is 4.08. The zero-order valence-electron chi connectivity index (χ0n) is 10.8. The molecule has 0 atom stereocenters. The van der Waals surface area contributed by atoms with Crippen molar-refractivity contribution in [3.05, 3.63) is 60.2 Å². The fourth-order valence-electron chi connectivity index (χ4n) is 1.89. The van der Waals surface area contributed by atoms with Crippen molar-refractivity contribution in [1.29, 1.82) is 5.41 Å². The van der Waals surface area contributed by atoms with Gasteiger partial charge in [-0.15, -0.1) is 0 Å². The lowest BCUT2D eigenvalue weighted by Gasteiger charge is -2.05. The molecule has 2 aromatic carbocycles. The predicted octanol–water partition coefficient (Wildman–Crippen LogP) is 3.96. The van der Waals surface area contributed by atoms with Crippen LogP contribution in [0.5, 0.6) is 0 Å². The number of hydrogen-bond acceptors (Lipinski definition) is 3. The molecule has 0 radical (unpaired) electrons. The van der Waals surface area contributed by atoms with Crippen LogP contribution in [-0.2, 0) is 0 Å². The molecule has 2 N–H and O–H groups in total. The van der Waals surface area contributed by atoms with Crippen molar-refractivity contribution in [3.63, 3.8) is 0 Å². The van der Waals surface area contributed by atoms with Crippen LogP contribution >= 0.6 is 0 Å². The molecule has 0 heterocycles. The number of oxime groups is 1. The van der Waals surface area contributed by atoms with E-state index in [1.165, 1.54) is 0 Å². The summed E-state index contributed by atoms with van der Waals surface area (Å²) in [5, 5.41) is 19.7. The Morgan fingerprint density at radius 2 is 1.58 bits per heavy atom. The van der Waals surface area contributed by atoms with Crippen LogP contribution in [0.1, 0.15) is 18.9 Å². The average Bonchev–Trinajstić information content (AvgIpc) is 2.48. The van der Waals surface area contributed by atoms with Crippen LogP contribution in [0.25, 0.3) is 11.1 Å². The number of rotatable bonds is 4. The molecule has 0 amide bonds. The standard InChI is InChI=1S/C16H16N2O/c1-12(18-19)11-16(17)15-9-7-14(8-10-15)13-5-3-2-4-6-13/h2-10,17,19H,11H2,1H3/b17-16?,18-12+. The third-order valence-corrected chi connectivity index (χ3v) is 2.94. The second kappa shape index (κ2) is 5.96. The van der Waals surface area contributed by atoms with Crippen molar-refractivity contribution in [2.45, 2.75) is 13.3 Å². The van der Waals surface area contributed by atoms with Crippen LogP contribution in [0, 0.1) is 5.41 Å². The van der Waals surface area contributed by atoms with Gasteiger partial charge in [0.25, 0.3) is 0 Å². The van der Waals surface area contributed by atoms with Gasteiger partial charge < -0.3 is 10.6 Å². The van der Waals surface area contributed by atoms with Gasteiger partial charge in [-0.05, 0) is 23.6 Å². The summed E-state index contributed by atoms with van der Waals surface area (Å²) in [6.45, 7) is 1.70. The first-order valence-electron chi connectivity index (χ1n) is 6.11. The van der Waals surface area contributed by atoms with E-state index < -0.39 is 0 Å². The van der Waals surface area contributed by atoms with Crippen molar-refractivity contribution < 1.29 is 5.21 Å². The van der Waals surface area contributed by atoms with Gasteiger partial charge in [-0.2, -0.15) is 0 Å². The third-order valence-electron chi connectivity index (χ3n) is 2.94. The van der Waals surface area contributed by atoms with Gasteiger partial charge in [-0.25, -0.2) is 0 Å². The maximum Gasteiger partial charge on any atom is 0.0599 e. The van der Waals surface area contributed by atoms with E-state index >= 15 is 0 Å². The second-order valence-electron chi connectivity index (χ2n) is 4.43. The topological polar surface area (TPSA) is 56.4 Å². The molecule has 3 nitrogen and oxygen atoms in total. The average molecular weight is 252 g/mol. The van der Waals surface area contributed by atoms with Crippen molar-refractivity contribution in [1.82, 2.24) is 0 Å². The molecular formula is C16H16N2O. The van der Waals surface area contributed by atoms with E-state index in [4.69, 9.17) is 10.6 Å². The summed E-state index contributed by atoms with van der Waals surface area (Å²) >= 11 is 0. The molecule has 0 saturated heterocycles. The number of benzene rings is 2.